The van der Waals surface area contributed by atoms with Gasteiger partial charge in [0.2, 0.25) is 5.91 Å². The zero-order valence-electron chi connectivity index (χ0n) is 16.7. The number of nitrogens with zero attached hydrogens (tertiary/aromatic N) is 4. The second kappa shape index (κ2) is 8.74. The van der Waals surface area contributed by atoms with Crippen molar-refractivity contribution in [2.45, 2.75) is 19.4 Å². The van der Waals surface area contributed by atoms with Crippen molar-refractivity contribution in [2.75, 3.05) is 18.4 Å². The Morgan fingerprint density at radius 3 is 3.06 bits per heavy atom. The lowest BCUT2D eigenvalue weighted by Gasteiger charge is -2.21. The van der Waals surface area contributed by atoms with Crippen molar-refractivity contribution in [1.29, 1.82) is 0 Å². The molecule has 0 saturated carbocycles. The van der Waals surface area contributed by atoms with Gasteiger partial charge in [-0.1, -0.05) is 28.9 Å². The Balaban J connectivity index is 1.43. The third kappa shape index (κ3) is 4.32. The first kappa shape index (κ1) is 20.1. The summed E-state index contributed by atoms with van der Waals surface area (Å²) in [5, 5.41) is 17.4. The SMILES string of the molecule is O=C(Nc1cc(-c2ccc3nnn(Cc4cccs4)c3c2)c(Cl)cn1)C1CCCNC1. The summed E-state index contributed by atoms with van der Waals surface area (Å²) >= 11 is 8.16. The van der Waals surface area contributed by atoms with Gasteiger partial charge < -0.3 is 10.6 Å². The van der Waals surface area contributed by atoms with E-state index in [0.717, 1.165) is 41.5 Å². The van der Waals surface area contributed by atoms with E-state index in [-0.39, 0.29) is 11.8 Å². The maximum absolute atomic E-state index is 12.6. The smallest absolute Gasteiger partial charge is 0.229 e. The molecule has 1 atom stereocenters. The van der Waals surface area contributed by atoms with E-state index < -0.39 is 0 Å². The average molecular weight is 453 g/mol. The zero-order chi connectivity index (χ0) is 21.2. The van der Waals surface area contributed by atoms with Crippen molar-refractivity contribution < 1.29 is 4.79 Å². The summed E-state index contributed by atoms with van der Waals surface area (Å²) in [7, 11) is 0. The van der Waals surface area contributed by atoms with Crippen molar-refractivity contribution >= 4 is 45.7 Å². The van der Waals surface area contributed by atoms with Crippen LogP contribution < -0.4 is 10.6 Å². The monoisotopic (exact) mass is 452 g/mol. The molecule has 1 aliphatic rings. The highest BCUT2D eigenvalue weighted by Gasteiger charge is 2.21. The molecule has 158 valence electrons. The molecule has 1 amide bonds. The van der Waals surface area contributed by atoms with Crippen LogP contribution in [0.4, 0.5) is 5.82 Å². The predicted molar refractivity (Wildman–Crippen MR) is 123 cm³/mol. The fourth-order valence-electron chi connectivity index (χ4n) is 3.83. The Kier molecular flexibility index (Phi) is 5.67. The molecule has 2 N–H and O–H groups in total. The molecule has 1 fully saturated rings. The van der Waals surface area contributed by atoms with Crippen molar-refractivity contribution in [3.05, 3.63) is 57.9 Å². The molecular formula is C22H21ClN6OS. The molecule has 3 aromatic heterocycles. The predicted octanol–water partition coefficient (Wildman–Crippen LogP) is 4.19. The second-order valence-corrected chi connectivity index (χ2v) is 9.05. The summed E-state index contributed by atoms with van der Waals surface area (Å²) in [5.74, 6) is 0.450. The number of anilines is 1. The number of halogens is 1. The zero-order valence-corrected chi connectivity index (χ0v) is 18.3. The Morgan fingerprint density at radius 1 is 1.32 bits per heavy atom. The largest absolute Gasteiger partial charge is 0.316 e. The molecule has 7 nitrogen and oxygen atoms in total. The number of pyridine rings is 1. The quantitative estimate of drug-likeness (QED) is 0.474. The highest BCUT2D eigenvalue weighted by molar-refractivity contribution is 7.09. The minimum absolute atomic E-state index is 0.0124. The number of hydrogen-bond acceptors (Lipinski definition) is 6. The molecule has 1 aliphatic heterocycles. The summed E-state index contributed by atoms with van der Waals surface area (Å²) < 4.78 is 1.89. The number of hydrogen-bond donors (Lipinski definition) is 2. The van der Waals surface area contributed by atoms with E-state index >= 15 is 0 Å². The fraction of sp³-hybridized carbons (Fsp3) is 0.273. The van der Waals surface area contributed by atoms with Gasteiger partial charge in [0.1, 0.15) is 11.3 Å². The normalized spacial score (nSPS) is 16.5. The van der Waals surface area contributed by atoms with Crippen molar-refractivity contribution in [2.24, 2.45) is 5.92 Å². The van der Waals surface area contributed by atoms with Crippen LogP contribution in [-0.4, -0.2) is 39.0 Å². The molecule has 1 saturated heterocycles. The summed E-state index contributed by atoms with van der Waals surface area (Å²) in [6.07, 6.45) is 3.47. The molecule has 0 radical (unpaired) electrons. The third-order valence-corrected chi connectivity index (χ3v) is 6.65. The van der Waals surface area contributed by atoms with Gasteiger partial charge in [-0.05, 0) is 54.6 Å². The Hall–Kier alpha value is -2.81. The van der Waals surface area contributed by atoms with Gasteiger partial charge in [-0.2, -0.15) is 0 Å². The Labute approximate surface area is 188 Å². The highest BCUT2D eigenvalue weighted by Crippen LogP contribution is 2.31. The number of benzene rings is 1. The van der Waals surface area contributed by atoms with Gasteiger partial charge in [0.05, 0.1) is 23.0 Å². The minimum atomic E-state index is -0.0382. The highest BCUT2D eigenvalue weighted by atomic mass is 35.5. The molecule has 31 heavy (non-hydrogen) atoms. The average Bonchev–Trinajstić information content (AvgIpc) is 3.46. The van der Waals surface area contributed by atoms with Crippen LogP contribution in [0.2, 0.25) is 5.02 Å². The van der Waals surface area contributed by atoms with Crippen molar-refractivity contribution in [1.82, 2.24) is 25.3 Å². The fourth-order valence-corrected chi connectivity index (χ4v) is 4.73. The topological polar surface area (TPSA) is 84.7 Å². The standard InChI is InChI=1S/C22H21ClN6OS/c23-18-12-25-21(26-22(30)15-3-1-7-24-11-15)10-17(18)14-5-6-19-20(9-14)29(28-27-19)13-16-4-2-8-31-16/h2,4-6,8-10,12,15,24H,1,3,7,11,13H2,(H,25,26,30). The Bertz CT molecular complexity index is 1220. The van der Waals surface area contributed by atoms with Gasteiger partial charge >= 0.3 is 0 Å². The molecule has 9 heteroatoms. The molecule has 5 rings (SSSR count). The maximum Gasteiger partial charge on any atom is 0.229 e. The van der Waals surface area contributed by atoms with E-state index in [0.29, 0.717) is 23.9 Å². The van der Waals surface area contributed by atoms with Crippen molar-refractivity contribution in [3.63, 3.8) is 0 Å². The first-order valence-corrected chi connectivity index (χ1v) is 11.5. The number of thiophene rings is 1. The summed E-state index contributed by atoms with van der Waals surface area (Å²) in [5.41, 5.74) is 3.48. The van der Waals surface area contributed by atoms with Crippen LogP contribution in [0.3, 0.4) is 0 Å². The van der Waals surface area contributed by atoms with Crippen LogP contribution in [-0.2, 0) is 11.3 Å². The molecule has 4 aromatic rings. The van der Waals surface area contributed by atoms with Gasteiger partial charge in [0.25, 0.3) is 0 Å². The number of fused-ring (bicyclic) bond motifs is 1. The molecule has 4 heterocycles. The Morgan fingerprint density at radius 2 is 2.26 bits per heavy atom. The van der Waals surface area contributed by atoms with E-state index in [4.69, 9.17) is 11.6 Å². The van der Waals surface area contributed by atoms with E-state index in [1.54, 1.807) is 17.5 Å². The first-order chi connectivity index (χ1) is 15.2. The van der Waals surface area contributed by atoms with Gasteiger partial charge in [0.15, 0.2) is 0 Å². The maximum atomic E-state index is 12.6. The van der Waals surface area contributed by atoms with Gasteiger partial charge in [0, 0.05) is 23.2 Å². The lowest BCUT2D eigenvalue weighted by atomic mass is 9.99. The number of piperidine rings is 1. The van der Waals surface area contributed by atoms with Gasteiger partial charge in [-0.25, -0.2) is 9.67 Å². The van der Waals surface area contributed by atoms with Crippen LogP contribution in [0.15, 0.2) is 48.0 Å². The second-order valence-electron chi connectivity index (χ2n) is 7.61. The number of aromatic nitrogens is 4. The number of carbonyl (C=O) groups is 1. The molecule has 1 aromatic carbocycles. The molecule has 1 unspecified atom stereocenters. The van der Waals surface area contributed by atoms with Crippen molar-refractivity contribution in [3.8, 4) is 11.1 Å². The van der Waals surface area contributed by atoms with Crippen LogP contribution in [0.1, 0.15) is 17.7 Å². The lowest BCUT2D eigenvalue weighted by molar-refractivity contribution is -0.120. The van der Waals surface area contributed by atoms with Crippen LogP contribution >= 0.6 is 22.9 Å². The third-order valence-electron chi connectivity index (χ3n) is 5.48. The molecule has 0 spiro atoms. The summed E-state index contributed by atoms with van der Waals surface area (Å²) in [6, 6.07) is 11.9. The molecular weight excluding hydrogens is 432 g/mol. The minimum Gasteiger partial charge on any atom is -0.316 e. The van der Waals surface area contributed by atoms with E-state index in [1.807, 2.05) is 35.0 Å². The first-order valence-electron chi connectivity index (χ1n) is 10.2. The van der Waals surface area contributed by atoms with Gasteiger partial charge in [-0.3, -0.25) is 4.79 Å². The number of amides is 1. The lowest BCUT2D eigenvalue weighted by Crippen LogP contribution is -2.37. The van der Waals surface area contributed by atoms with Gasteiger partial charge in [-0.15, -0.1) is 16.4 Å². The van der Waals surface area contributed by atoms with E-state index in [2.05, 4.69) is 37.4 Å². The molecule has 0 bridgehead atoms. The van der Waals surface area contributed by atoms with E-state index in [9.17, 15) is 4.79 Å². The van der Waals surface area contributed by atoms with E-state index in [1.165, 1.54) is 4.88 Å². The number of rotatable bonds is 5. The van der Waals surface area contributed by atoms with Crippen LogP contribution in [0, 0.1) is 5.92 Å². The number of carbonyl (C=O) groups excluding carboxylic acids is 1. The molecule has 0 aliphatic carbocycles. The summed E-state index contributed by atoms with van der Waals surface area (Å²) in [6.45, 7) is 2.33. The van der Waals surface area contributed by atoms with Crippen LogP contribution in [0.5, 0.6) is 0 Å². The number of nitrogens with one attached hydrogen (secondary N) is 2. The summed E-state index contributed by atoms with van der Waals surface area (Å²) in [4.78, 5) is 18.1. The van der Waals surface area contributed by atoms with Crippen LogP contribution in [0.25, 0.3) is 22.2 Å².